The van der Waals surface area contributed by atoms with E-state index < -0.39 is 0 Å². The lowest BCUT2D eigenvalue weighted by atomic mass is 9.93. The minimum atomic E-state index is 0.168. The van der Waals surface area contributed by atoms with Crippen molar-refractivity contribution in [2.45, 2.75) is 39.7 Å². The molecule has 0 N–H and O–H groups in total. The molecule has 1 amide bonds. The minimum absolute atomic E-state index is 0.168. The van der Waals surface area contributed by atoms with Crippen LogP contribution in [0, 0.1) is 5.92 Å². The number of rotatable bonds is 1. The molecule has 2 atom stereocenters. The lowest BCUT2D eigenvalue weighted by molar-refractivity contribution is -0.129. The fourth-order valence-electron chi connectivity index (χ4n) is 1.97. The Labute approximate surface area is 80.6 Å². The van der Waals surface area contributed by atoms with Gasteiger partial charge in [-0.25, -0.2) is 0 Å². The zero-order valence-electron chi connectivity index (χ0n) is 8.79. The first-order valence-corrected chi connectivity index (χ1v) is 5.08. The van der Waals surface area contributed by atoms with Crippen molar-refractivity contribution in [2.24, 2.45) is 5.92 Å². The van der Waals surface area contributed by atoms with E-state index in [1.54, 1.807) is 6.08 Å². The summed E-state index contributed by atoms with van der Waals surface area (Å²) in [5.74, 6) is 0.937. The monoisotopic (exact) mass is 181 g/mol. The Morgan fingerprint density at radius 1 is 1.46 bits per heavy atom. The van der Waals surface area contributed by atoms with Gasteiger partial charge in [0.1, 0.15) is 0 Å². The van der Waals surface area contributed by atoms with Crippen molar-refractivity contribution < 1.29 is 4.79 Å². The molecule has 2 nitrogen and oxygen atoms in total. The number of piperidine rings is 1. The standard InChI is InChI=1S/C11H19NO/c1-4-5-11(13)12-7-6-9(2)8-10(12)3/h4-5,9-10H,6-8H2,1-3H3/b5-4+. The Hall–Kier alpha value is -0.790. The first-order valence-electron chi connectivity index (χ1n) is 5.08. The van der Waals surface area contributed by atoms with Gasteiger partial charge in [0, 0.05) is 12.6 Å². The van der Waals surface area contributed by atoms with Gasteiger partial charge >= 0.3 is 0 Å². The summed E-state index contributed by atoms with van der Waals surface area (Å²) in [7, 11) is 0. The third-order valence-electron chi connectivity index (χ3n) is 2.73. The first-order chi connectivity index (χ1) is 6.15. The third-order valence-corrected chi connectivity index (χ3v) is 2.73. The molecule has 0 bridgehead atoms. The number of likely N-dealkylation sites (tertiary alicyclic amines) is 1. The number of nitrogens with zero attached hydrogens (tertiary/aromatic N) is 1. The normalized spacial score (nSPS) is 29.6. The first kappa shape index (κ1) is 10.3. The predicted molar refractivity (Wildman–Crippen MR) is 54.4 cm³/mol. The van der Waals surface area contributed by atoms with Gasteiger partial charge in [-0.05, 0) is 38.7 Å². The van der Waals surface area contributed by atoms with E-state index in [4.69, 9.17) is 0 Å². The largest absolute Gasteiger partial charge is 0.336 e. The van der Waals surface area contributed by atoms with Crippen LogP contribution in [-0.2, 0) is 4.79 Å². The maximum Gasteiger partial charge on any atom is 0.246 e. The summed E-state index contributed by atoms with van der Waals surface area (Å²) < 4.78 is 0. The molecule has 1 fully saturated rings. The van der Waals surface area contributed by atoms with Crippen molar-refractivity contribution in [1.82, 2.24) is 4.90 Å². The van der Waals surface area contributed by atoms with Gasteiger partial charge in [0.25, 0.3) is 0 Å². The molecule has 1 saturated heterocycles. The van der Waals surface area contributed by atoms with E-state index in [1.165, 1.54) is 0 Å². The van der Waals surface area contributed by atoms with E-state index in [9.17, 15) is 4.79 Å². The highest BCUT2D eigenvalue weighted by molar-refractivity contribution is 5.87. The van der Waals surface area contributed by atoms with Crippen LogP contribution in [0.1, 0.15) is 33.6 Å². The fourth-order valence-corrected chi connectivity index (χ4v) is 1.97. The molecular weight excluding hydrogens is 162 g/mol. The van der Waals surface area contributed by atoms with Gasteiger partial charge in [0.2, 0.25) is 5.91 Å². The van der Waals surface area contributed by atoms with Crippen molar-refractivity contribution >= 4 is 5.91 Å². The summed E-state index contributed by atoms with van der Waals surface area (Å²) in [5, 5.41) is 0. The topological polar surface area (TPSA) is 20.3 Å². The van der Waals surface area contributed by atoms with Gasteiger partial charge in [-0.2, -0.15) is 0 Å². The molecule has 13 heavy (non-hydrogen) atoms. The third kappa shape index (κ3) is 2.58. The van der Waals surface area contributed by atoms with E-state index in [1.807, 2.05) is 17.9 Å². The second-order valence-corrected chi connectivity index (χ2v) is 4.01. The zero-order valence-corrected chi connectivity index (χ0v) is 8.79. The average Bonchev–Trinajstić information content (AvgIpc) is 2.04. The number of amides is 1. The molecule has 0 aromatic heterocycles. The quantitative estimate of drug-likeness (QED) is 0.568. The van der Waals surface area contributed by atoms with Gasteiger partial charge in [0.15, 0.2) is 0 Å². The molecule has 1 aliphatic heterocycles. The van der Waals surface area contributed by atoms with Gasteiger partial charge in [-0.1, -0.05) is 13.0 Å². The van der Waals surface area contributed by atoms with Crippen LogP contribution < -0.4 is 0 Å². The number of hydrogen-bond donors (Lipinski definition) is 0. The van der Waals surface area contributed by atoms with Crippen molar-refractivity contribution in [3.05, 3.63) is 12.2 Å². The van der Waals surface area contributed by atoms with Gasteiger partial charge in [-0.3, -0.25) is 4.79 Å². The zero-order chi connectivity index (χ0) is 9.84. The smallest absolute Gasteiger partial charge is 0.246 e. The lowest BCUT2D eigenvalue weighted by Gasteiger charge is -2.35. The summed E-state index contributed by atoms with van der Waals surface area (Å²) in [6.45, 7) is 7.20. The highest BCUT2D eigenvalue weighted by Gasteiger charge is 2.24. The van der Waals surface area contributed by atoms with Crippen molar-refractivity contribution in [1.29, 1.82) is 0 Å². The highest BCUT2D eigenvalue weighted by Crippen LogP contribution is 2.22. The molecule has 0 radical (unpaired) electrons. The summed E-state index contributed by atoms with van der Waals surface area (Å²) in [5.41, 5.74) is 0. The van der Waals surface area contributed by atoms with Crippen molar-refractivity contribution in [3.63, 3.8) is 0 Å². The van der Waals surface area contributed by atoms with Crippen LogP contribution >= 0.6 is 0 Å². The second kappa shape index (κ2) is 4.45. The summed E-state index contributed by atoms with van der Waals surface area (Å²) in [6, 6.07) is 0.410. The molecule has 0 saturated carbocycles. The van der Waals surface area contributed by atoms with Crippen LogP contribution in [0.4, 0.5) is 0 Å². The van der Waals surface area contributed by atoms with Crippen LogP contribution in [0.3, 0.4) is 0 Å². The van der Waals surface area contributed by atoms with E-state index >= 15 is 0 Å². The Morgan fingerprint density at radius 3 is 2.69 bits per heavy atom. The maximum absolute atomic E-state index is 11.6. The van der Waals surface area contributed by atoms with Gasteiger partial charge < -0.3 is 4.90 Å². The van der Waals surface area contributed by atoms with E-state index in [0.29, 0.717) is 6.04 Å². The molecule has 2 unspecified atom stereocenters. The van der Waals surface area contributed by atoms with Crippen LogP contribution in [0.25, 0.3) is 0 Å². The number of hydrogen-bond acceptors (Lipinski definition) is 1. The van der Waals surface area contributed by atoms with Crippen molar-refractivity contribution in [3.8, 4) is 0 Å². The van der Waals surface area contributed by atoms with Gasteiger partial charge in [0.05, 0.1) is 0 Å². The molecule has 1 aliphatic rings. The molecule has 0 spiro atoms. The van der Waals surface area contributed by atoms with E-state index in [0.717, 1.165) is 25.3 Å². The number of allylic oxidation sites excluding steroid dienone is 1. The molecular formula is C11H19NO. The summed E-state index contributed by atoms with van der Waals surface area (Å²) >= 11 is 0. The molecule has 0 aromatic carbocycles. The Kier molecular flexibility index (Phi) is 3.52. The molecule has 0 aromatic rings. The Balaban J connectivity index is 2.55. The summed E-state index contributed by atoms with van der Waals surface area (Å²) in [6.07, 6.45) is 5.76. The average molecular weight is 181 g/mol. The van der Waals surface area contributed by atoms with Crippen LogP contribution in [0.15, 0.2) is 12.2 Å². The molecule has 74 valence electrons. The van der Waals surface area contributed by atoms with Crippen LogP contribution in [-0.4, -0.2) is 23.4 Å². The minimum Gasteiger partial charge on any atom is -0.336 e. The van der Waals surface area contributed by atoms with Crippen LogP contribution in [0.2, 0.25) is 0 Å². The van der Waals surface area contributed by atoms with Crippen molar-refractivity contribution in [2.75, 3.05) is 6.54 Å². The second-order valence-electron chi connectivity index (χ2n) is 4.01. The van der Waals surface area contributed by atoms with E-state index in [2.05, 4.69) is 13.8 Å². The fraction of sp³-hybridized carbons (Fsp3) is 0.727. The van der Waals surface area contributed by atoms with E-state index in [-0.39, 0.29) is 5.91 Å². The summed E-state index contributed by atoms with van der Waals surface area (Å²) in [4.78, 5) is 13.5. The molecule has 0 aliphatic carbocycles. The Bertz CT molecular complexity index is 210. The molecule has 1 heterocycles. The number of carbonyl (C=O) groups is 1. The maximum atomic E-state index is 11.6. The number of carbonyl (C=O) groups excluding carboxylic acids is 1. The Morgan fingerprint density at radius 2 is 2.15 bits per heavy atom. The predicted octanol–water partition coefficient (Wildman–Crippen LogP) is 2.21. The van der Waals surface area contributed by atoms with Crippen LogP contribution in [0.5, 0.6) is 0 Å². The highest BCUT2D eigenvalue weighted by atomic mass is 16.2. The molecule has 2 heteroatoms. The molecule has 1 rings (SSSR count). The SMILES string of the molecule is C/C=C/C(=O)N1CCC(C)CC1C. The van der Waals surface area contributed by atoms with Gasteiger partial charge in [-0.15, -0.1) is 0 Å². The lowest BCUT2D eigenvalue weighted by Crippen LogP contribution is -2.43.